The Morgan fingerprint density at radius 2 is 1.71 bits per heavy atom. The molecule has 0 aliphatic rings. The highest BCUT2D eigenvalue weighted by molar-refractivity contribution is 6.02. The van der Waals surface area contributed by atoms with Gasteiger partial charge < -0.3 is 14.8 Å². The monoisotopic (exact) mass is 375 g/mol. The molecule has 0 bridgehead atoms. The third-order valence-corrected chi connectivity index (χ3v) is 4.21. The second-order valence-corrected chi connectivity index (χ2v) is 6.33. The van der Waals surface area contributed by atoms with Crippen LogP contribution in [0.2, 0.25) is 0 Å². The van der Waals surface area contributed by atoms with Crippen molar-refractivity contribution in [3.63, 3.8) is 0 Å². The highest BCUT2D eigenvalue weighted by Crippen LogP contribution is 2.24. The summed E-state index contributed by atoms with van der Waals surface area (Å²) < 4.78 is 5.75. The number of carbonyl (C=O) groups excluding carboxylic acids is 1. The summed E-state index contributed by atoms with van der Waals surface area (Å²) in [5.74, 6) is -0.759. The van der Waals surface area contributed by atoms with Crippen molar-refractivity contribution in [3.05, 3.63) is 89.3 Å². The molecular weight excluding hydrogens is 354 g/mol. The van der Waals surface area contributed by atoms with Gasteiger partial charge in [-0.15, -0.1) is 0 Å². The van der Waals surface area contributed by atoms with Crippen molar-refractivity contribution in [3.8, 4) is 11.3 Å². The molecule has 28 heavy (non-hydrogen) atoms. The average molecular weight is 375 g/mol. The van der Waals surface area contributed by atoms with Crippen LogP contribution in [0.1, 0.15) is 35.0 Å². The predicted molar refractivity (Wildman–Crippen MR) is 108 cm³/mol. The van der Waals surface area contributed by atoms with Crippen molar-refractivity contribution in [1.82, 2.24) is 5.32 Å². The molecule has 1 aromatic heterocycles. The lowest BCUT2D eigenvalue weighted by Gasteiger charge is -2.05. The maximum atomic E-state index is 12.2. The van der Waals surface area contributed by atoms with Crippen LogP contribution in [0, 0.1) is 0 Å². The largest absolute Gasteiger partial charge is 0.477 e. The Bertz CT molecular complexity index is 985. The Hall–Kier alpha value is -3.60. The molecule has 5 nitrogen and oxygen atoms in total. The Morgan fingerprint density at radius 1 is 1.00 bits per heavy atom. The highest BCUT2D eigenvalue weighted by atomic mass is 16.4. The Morgan fingerprint density at radius 3 is 2.36 bits per heavy atom. The fraction of sp³-hybridized carbons (Fsp3) is 0.130. The fourth-order valence-corrected chi connectivity index (χ4v) is 2.79. The summed E-state index contributed by atoms with van der Waals surface area (Å²) >= 11 is 0. The van der Waals surface area contributed by atoms with Crippen LogP contribution < -0.4 is 5.32 Å². The summed E-state index contributed by atoms with van der Waals surface area (Å²) in [6.07, 6.45) is 3.41. The molecule has 2 N–H and O–H groups in total. The van der Waals surface area contributed by atoms with E-state index in [9.17, 15) is 14.7 Å². The minimum Gasteiger partial charge on any atom is -0.477 e. The van der Waals surface area contributed by atoms with Gasteiger partial charge in [-0.25, -0.2) is 4.79 Å². The standard InChI is InChI=1S/C23H21NO4/c1-2-6-16-9-11-17(12-10-16)21-14-13-19(28-21)15-20(23(26)27)24-22(25)18-7-4-3-5-8-18/h3-5,7-15H,2,6H2,1H3,(H,24,25)(H,26,27)/b20-15+. The number of furan rings is 1. The van der Waals surface area contributed by atoms with E-state index in [-0.39, 0.29) is 5.70 Å². The van der Waals surface area contributed by atoms with E-state index in [0.717, 1.165) is 18.4 Å². The first kappa shape index (κ1) is 19.2. The lowest BCUT2D eigenvalue weighted by Crippen LogP contribution is -2.27. The number of carboxylic acid groups (broad SMARTS) is 1. The molecule has 1 heterocycles. The van der Waals surface area contributed by atoms with E-state index >= 15 is 0 Å². The number of hydrogen-bond acceptors (Lipinski definition) is 3. The number of benzene rings is 2. The number of rotatable bonds is 7. The summed E-state index contributed by atoms with van der Waals surface area (Å²) in [5, 5.41) is 11.8. The molecule has 0 fully saturated rings. The molecule has 0 spiro atoms. The molecule has 3 aromatic rings. The van der Waals surface area contributed by atoms with Crippen LogP contribution >= 0.6 is 0 Å². The SMILES string of the molecule is CCCc1ccc(-c2ccc(/C=C(/NC(=O)c3ccccc3)C(=O)O)o2)cc1. The lowest BCUT2D eigenvalue weighted by atomic mass is 10.1. The minimum absolute atomic E-state index is 0.256. The van der Waals surface area contributed by atoms with Crippen molar-refractivity contribution in [2.45, 2.75) is 19.8 Å². The molecule has 142 valence electrons. The summed E-state index contributed by atoms with van der Waals surface area (Å²) in [4.78, 5) is 23.7. The Kier molecular flexibility index (Phi) is 6.07. The molecule has 0 saturated heterocycles. The number of carbonyl (C=O) groups is 2. The van der Waals surface area contributed by atoms with Crippen molar-refractivity contribution in [2.24, 2.45) is 0 Å². The Balaban J connectivity index is 1.78. The van der Waals surface area contributed by atoms with Crippen LogP contribution in [0.25, 0.3) is 17.4 Å². The lowest BCUT2D eigenvalue weighted by molar-refractivity contribution is -0.132. The minimum atomic E-state index is -1.24. The smallest absolute Gasteiger partial charge is 0.352 e. The molecule has 0 atom stereocenters. The van der Waals surface area contributed by atoms with E-state index in [1.807, 2.05) is 12.1 Å². The van der Waals surface area contributed by atoms with Gasteiger partial charge in [0, 0.05) is 17.2 Å². The van der Waals surface area contributed by atoms with Crippen LogP contribution in [0.4, 0.5) is 0 Å². The normalized spacial score (nSPS) is 11.2. The van der Waals surface area contributed by atoms with E-state index < -0.39 is 11.9 Å². The van der Waals surface area contributed by atoms with E-state index in [4.69, 9.17) is 4.42 Å². The molecule has 1 amide bonds. The number of hydrogen-bond donors (Lipinski definition) is 2. The van der Waals surface area contributed by atoms with Gasteiger partial charge >= 0.3 is 5.97 Å². The van der Waals surface area contributed by atoms with Crippen molar-refractivity contribution in [1.29, 1.82) is 0 Å². The summed E-state index contributed by atoms with van der Waals surface area (Å²) in [6, 6.07) is 20.0. The molecular formula is C23H21NO4. The quantitative estimate of drug-likeness (QED) is 0.584. The number of carboxylic acids is 1. The van der Waals surface area contributed by atoms with Crippen molar-refractivity contribution < 1.29 is 19.1 Å². The molecule has 5 heteroatoms. The maximum Gasteiger partial charge on any atom is 0.352 e. The molecule has 3 rings (SSSR count). The summed E-state index contributed by atoms with van der Waals surface area (Å²) in [6.45, 7) is 2.13. The molecule has 0 aliphatic heterocycles. The molecule has 0 aliphatic carbocycles. The second-order valence-electron chi connectivity index (χ2n) is 6.33. The Labute approximate surface area is 163 Å². The van der Waals surface area contributed by atoms with Gasteiger partial charge in [0.2, 0.25) is 0 Å². The zero-order valence-corrected chi connectivity index (χ0v) is 15.5. The summed E-state index contributed by atoms with van der Waals surface area (Å²) in [7, 11) is 0. The first-order valence-corrected chi connectivity index (χ1v) is 9.07. The number of aliphatic carboxylic acids is 1. The van der Waals surface area contributed by atoms with Crippen molar-refractivity contribution in [2.75, 3.05) is 0 Å². The molecule has 2 aromatic carbocycles. The predicted octanol–water partition coefficient (Wildman–Crippen LogP) is 4.75. The molecule has 0 radical (unpaired) electrons. The van der Waals surface area contributed by atoms with Gasteiger partial charge in [0.15, 0.2) is 0 Å². The van der Waals surface area contributed by atoms with Crippen LogP contribution in [0.5, 0.6) is 0 Å². The third kappa shape index (κ3) is 4.76. The summed E-state index contributed by atoms with van der Waals surface area (Å²) in [5.41, 5.74) is 2.29. The maximum absolute atomic E-state index is 12.2. The van der Waals surface area contributed by atoms with E-state index in [0.29, 0.717) is 17.1 Å². The van der Waals surface area contributed by atoms with Gasteiger partial charge in [0.1, 0.15) is 17.2 Å². The van der Waals surface area contributed by atoms with Crippen LogP contribution in [0.3, 0.4) is 0 Å². The average Bonchev–Trinajstić information content (AvgIpc) is 3.17. The fourth-order valence-electron chi connectivity index (χ4n) is 2.79. The third-order valence-electron chi connectivity index (χ3n) is 4.21. The molecule has 0 saturated carbocycles. The van der Waals surface area contributed by atoms with E-state index in [1.165, 1.54) is 11.6 Å². The second kappa shape index (κ2) is 8.86. The van der Waals surface area contributed by atoms with Crippen LogP contribution in [0.15, 0.2) is 76.8 Å². The van der Waals surface area contributed by atoms with Crippen LogP contribution in [-0.2, 0) is 11.2 Å². The first-order chi connectivity index (χ1) is 13.6. The molecule has 0 unspecified atom stereocenters. The topological polar surface area (TPSA) is 79.5 Å². The van der Waals surface area contributed by atoms with Gasteiger partial charge in [-0.3, -0.25) is 4.79 Å². The van der Waals surface area contributed by atoms with Crippen molar-refractivity contribution >= 4 is 18.0 Å². The van der Waals surface area contributed by atoms with Gasteiger partial charge in [-0.2, -0.15) is 0 Å². The number of nitrogens with one attached hydrogen (secondary N) is 1. The number of amides is 1. The number of aryl methyl sites for hydroxylation is 1. The first-order valence-electron chi connectivity index (χ1n) is 9.07. The van der Waals surface area contributed by atoms with Gasteiger partial charge in [-0.05, 0) is 36.2 Å². The van der Waals surface area contributed by atoms with E-state index in [2.05, 4.69) is 24.4 Å². The highest BCUT2D eigenvalue weighted by Gasteiger charge is 2.14. The van der Waals surface area contributed by atoms with Gasteiger partial charge in [-0.1, -0.05) is 55.8 Å². The van der Waals surface area contributed by atoms with Gasteiger partial charge in [0.25, 0.3) is 5.91 Å². The van der Waals surface area contributed by atoms with Crippen LogP contribution in [-0.4, -0.2) is 17.0 Å². The van der Waals surface area contributed by atoms with E-state index in [1.54, 1.807) is 42.5 Å². The zero-order chi connectivity index (χ0) is 19.9. The van der Waals surface area contributed by atoms with Gasteiger partial charge in [0.05, 0.1) is 0 Å². The zero-order valence-electron chi connectivity index (χ0n) is 15.5.